The molecule has 0 saturated heterocycles. The van der Waals surface area contributed by atoms with Gasteiger partial charge in [0, 0.05) is 18.7 Å². The van der Waals surface area contributed by atoms with Crippen LogP contribution < -0.4 is 4.74 Å². The number of nitro groups is 1. The average Bonchev–Trinajstić information content (AvgIpc) is 3.00. The Morgan fingerprint density at radius 1 is 1.31 bits per heavy atom. The molecule has 0 saturated carbocycles. The van der Waals surface area contributed by atoms with Crippen LogP contribution in [-0.4, -0.2) is 34.3 Å². The van der Waals surface area contributed by atoms with E-state index in [1.54, 1.807) is 25.1 Å². The fourth-order valence-electron chi connectivity index (χ4n) is 3.39. The average molecular weight is 396 g/mol. The predicted octanol–water partition coefficient (Wildman–Crippen LogP) is 4.46. The maximum Gasteiger partial charge on any atom is 0.270 e. The van der Waals surface area contributed by atoms with Crippen LogP contribution in [0.5, 0.6) is 11.5 Å². The summed E-state index contributed by atoms with van der Waals surface area (Å²) < 4.78 is 5.88. The van der Waals surface area contributed by atoms with E-state index in [-0.39, 0.29) is 23.0 Å². The van der Waals surface area contributed by atoms with Crippen LogP contribution in [0.3, 0.4) is 0 Å². The van der Waals surface area contributed by atoms with Gasteiger partial charge in [0.2, 0.25) is 5.78 Å². The van der Waals surface area contributed by atoms with Crippen LogP contribution in [0.2, 0.25) is 0 Å². The Kier molecular flexibility index (Phi) is 5.98. The molecule has 0 aliphatic carbocycles. The molecule has 0 fully saturated rings. The first-order valence-electron chi connectivity index (χ1n) is 9.54. The highest BCUT2D eigenvalue weighted by Gasteiger charge is 2.33. The molecular weight excluding hydrogens is 372 g/mol. The van der Waals surface area contributed by atoms with Gasteiger partial charge in [-0.05, 0) is 50.2 Å². The number of ketones is 1. The molecular formula is C22H24N2O5. The summed E-state index contributed by atoms with van der Waals surface area (Å²) in [6, 6.07) is 7.59. The van der Waals surface area contributed by atoms with Crippen molar-refractivity contribution in [2.24, 2.45) is 0 Å². The summed E-state index contributed by atoms with van der Waals surface area (Å²) in [4.78, 5) is 25.5. The second-order valence-corrected chi connectivity index (χ2v) is 7.28. The number of Topliss-reactive ketones (excluding diaryl/α,β-unsaturated/α-hetero) is 1. The highest BCUT2D eigenvalue weighted by Crippen LogP contribution is 2.42. The summed E-state index contributed by atoms with van der Waals surface area (Å²) in [6.45, 7) is 5.18. The lowest BCUT2D eigenvalue weighted by atomic mass is 9.99. The van der Waals surface area contributed by atoms with Crippen LogP contribution >= 0.6 is 0 Å². The number of nitro benzene ring substituents is 1. The van der Waals surface area contributed by atoms with Crippen molar-refractivity contribution in [3.8, 4) is 11.5 Å². The van der Waals surface area contributed by atoms with Crippen LogP contribution in [0.1, 0.15) is 46.8 Å². The predicted molar refractivity (Wildman–Crippen MR) is 110 cm³/mol. The number of phenolic OH excluding ortho intramolecular Hbond substituents is 1. The number of carbonyl (C=O) groups excluding carboxylic acids is 1. The Morgan fingerprint density at radius 3 is 2.76 bits per heavy atom. The molecule has 0 aromatic heterocycles. The van der Waals surface area contributed by atoms with Crippen molar-refractivity contribution in [2.45, 2.75) is 33.2 Å². The molecule has 7 nitrogen and oxygen atoms in total. The molecule has 0 atom stereocenters. The maximum absolute atomic E-state index is 12.9. The summed E-state index contributed by atoms with van der Waals surface area (Å²) in [5, 5.41) is 21.5. The van der Waals surface area contributed by atoms with Gasteiger partial charge in [-0.1, -0.05) is 25.5 Å². The largest absolute Gasteiger partial charge is 0.507 e. The van der Waals surface area contributed by atoms with E-state index in [9.17, 15) is 20.0 Å². The zero-order valence-electron chi connectivity index (χ0n) is 16.8. The molecule has 0 amide bonds. The SMILES string of the molecule is CCCCN(C)Cc1c(O)cc(C)c2c1O/C(=C\c1cccc([N+](=O)[O-])c1)C2=O. The van der Waals surface area contributed by atoms with E-state index in [0.29, 0.717) is 34.5 Å². The van der Waals surface area contributed by atoms with Gasteiger partial charge in [0.05, 0.1) is 16.1 Å². The Labute approximate surface area is 169 Å². The van der Waals surface area contributed by atoms with Gasteiger partial charge in [-0.15, -0.1) is 0 Å². The number of rotatable bonds is 7. The molecule has 0 spiro atoms. The fourth-order valence-corrected chi connectivity index (χ4v) is 3.39. The summed E-state index contributed by atoms with van der Waals surface area (Å²) in [6.07, 6.45) is 3.59. The molecule has 1 aliphatic heterocycles. The number of phenols is 1. The number of hydrogen-bond acceptors (Lipinski definition) is 6. The minimum atomic E-state index is -0.486. The van der Waals surface area contributed by atoms with Gasteiger partial charge < -0.3 is 14.7 Å². The van der Waals surface area contributed by atoms with Gasteiger partial charge in [-0.25, -0.2) is 0 Å². The molecule has 7 heteroatoms. The Balaban J connectivity index is 1.97. The van der Waals surface area contributed by atoms with Crippen molar-refractivity contribution in [1.29, 1.82) is 0 Å². The molecule has 1 aliphatic rings. The third-order valence-electron chi connectivity index (χ3n) is 4.92. The van der Waals surface area contributed by atoms with E-state index in [1.807, 2.05) is 7.05 Å². The zero-order valence-corrected chi connectivity index (χ0v) is 16.8. The van der Waals surface area contributed by atoms with Crippen molar-refractivity contribution in [3.63, 3.8) is 0 Å². The number of allylic oxidation sites excluding steroid dienone is 1. The smallest absolute Gasteiger partial charge is 0.270 e. The number of benzene rings is 2. The second-order valence-electron chi connectivity index (χ2n) is 7.28. The molecule has 2 aromatic rings. The van der Waals surface area contributed by atoms with Crippen LogP contribution in [0.25, 0.3) is 6.08 Å². The topological polar surface area (TPSA) is 92.9 Å². The van der Waals surface area contributed by atoms with Crippen LogP contribution in [0.15, 0.2) is 36.1 Å². The van der Waals surface area contributed by atoms with Gasteiger partial charge in [0.25, 0.3) is 5.69 Å². The monoisotopic (exact) mass is 396 g/mol. The summed E-state index contributed by atoms with van der Waals surface area (Å²) in [5.74, 6) is 0.259. The first-order chi connectivity index (χ1) is 13.8. The van der Waals surface area contributed by atoms with Crippen molar-refractivity contribution < 1.29 is 19.6 Å². The van der Waals surface area contributed by atoms with Gasteiger partial charge in [0.15, 0.2) is 5.76 Å². The molecule has 152 valence electrons. The number of unbranched alkanes of at least 4 members (excludes halogenated alkanes) is 1. The number of ether oxygens (including phenoxy) is 1. The molecule has 3 rings (SSSR count). The molecule has 2 aromatic carbocycles. The summed E-state index contributed by atoms with van der Waals surface area (Å²) >= 11 is 0. The van der Waals surface area contributed by atoms with Crippen LogP contribution in [0, 0.1) is 17.0 Å². The number of nitrogens with zero attached hydrogens (tertiary/aromatic N) is 2. The van der Waals surface area contributed by atoms with E-state index in [0.717, 1.165) is 19.4 Å². The van der Waals surface area contributed by atoms with E-state index in [1.165, 1.54) is 18.2 Å². The summed E-state index contributed by atoms with van der Waals surface area (Å²) in [5.41, 5.74) is 2.07. The molecule has 0 bridgehead atoms. The Hall–Kier alpha value is -3.19. The van der Waals surface area contributed by atoms with Gasteiger partial charge >= 0.3 is 0 Å². The number of aromatic hydroxyl groups is 1. The third-order valence-corrected chi connectivity index (χ3v) is 4.92. The second kappa shape index (κ2) is 8.45. The van der Waals surface area contributed by atoms with Crippen molar-refractivity contribution >= 4 is 17.5 Å². The highest BCUT2D eigenvalue weighted by atomic mass is 16.6. The minimum Gasteiger partial charge on any atom is -0.507 e. The van der Waals surface area contributed by atoms with Gasteiger partial charge in [-0.3, -0.25) is 14.9 Å². The van der Waals surface area contributed by atoms with Crippen molar-refractivity contribution in [3.05, 3.63) is 68.5 Å². The first kappa shape index (κ1) is 20.5. The van der Waals surface area contributed by atoms with Gasteiger partial charge in [0.1, 0.15) is 11.5 Å². The number of non-ortho nitro benzene ring substituents is 1. The number of carbonyl (C=O) groups is 1. The normalized spacial score (nSPS) is 14.3. The lowest BCUT2D eigenvalue weighted by Crippen LogP contribution is -2.19. The Morgan fingerprint density at radius 2 is 2.07 bits per heavy atom. The van der Waals surface area contributed by atoms with E-state index in [2.05, 4.69) is 11.8 Å². The number of aryl methyl sites for hydroxylation is 1. The highest BCUT2D eigenvalue weighted by molar-refractivity contribution is 6.15. The summed E-state index contributed by atoms with van der Waals surface area (Å²) in [7, 11) is 1.96. The van der Waals surface area contributed by atoms with E-state index < -0.39 is 4.92 Å². The molecule has 0 radical (unpaired) electrons. The Bertz CT molecular complexity index is 997. The molecule has 1 N–H and O–H groups in total. The fraction of sp³-hybridized carbons (Fsp3) is 0.318. The minimum absolute atomic E-state index is 0.0608. The first-order valence-corrected chi connectivity index (χ1v) is 9.54. The van der Waals surface area contributed by atoms with Gasteiger partial charge in [-0.2, -0.15) is 0 Å². The molecule has 1 heterocycles. The molecule has 29 heavy (non-hydrogen) atoms. The molecule has 0 unspecified atom stereocenters. The van der Waals surface area contributed by atoms with E-state index >= 15 is 0 Å². The van der Waals surface area contributed by atoms with Crippen LogP contribution in [0.4, 0.5) is 5.69 Å². The van der Waals surface area contributed by atoms with Crippen molar-refractivity contribution in [2.75, 3.05) is 13.6 Å². The standard InChI is InChI=1S/C22H24N2O5/c1-4-5-9-23(3)13-17-18(25)10-14(2)20-21(26)19(29-22(17)20)12-15-7-6-8-16(11-15)24(27)28/h6-8,10-12,25H,4-5,9,13H2,1-3H3/b19-12-. The number of hydrogen-bond donors (Lipinski definition) is 1. The zero-order chi connectivity index (χ0) is 21.1. The third kappa shape index (κ3) is 4.30. The quantitative estimate of drug-likeness (QED) is 0.422. The van der Waals surface area contributed by atoms with Crippen LogP contribution in [-0.2, 0) is 6.54 Å². The van der Waals surface area contributed by atoms with E-state index in [4.69, 9.17) is 4.74 Å². The maximum atomic E-state index is 12.9. The number of fused-ring (bicyclic) bond motifs is 1. The lowest BCUT2D eigenvalue weighted by molar-refractivity contribution is -0.384. The van der Waals surface area contributed by atoms with Crippen molar-refractivity contribution in [1.82, 2.24) is 4.90 Å². The lowest BCUT2D eigenvalue weighted by Gasteiger charge is -2.19.